The average molecular weight is 512 g/mol. The van der Waals surface area contributed by atoms with Crippen LogP contribution in [0.25, 0.3) is 10.8 Å². The second-order valence-corrected chi connectivity index (χ2v) is 11.1. The Kier molecular flexibility index (Phi) is 7.35. The van der Waals surface area contributed by atoms with E-state index in [1.807, 2.05) is 12.1 Å². The van der Waals surface area contributed by atoms with Gasteiger partial charge in [-0.05, 0) is 48.2 Å². The smallest absolute Gasteiger partial charge is 0.242 e. The Morgan fingerprint density at radius 3 is 2.34 bits per heavy atom. The van der Waals surface area contributed by atoms with Crippen molar-refractivity contribution in [2.75, 3.05) is 0 Å². The van der Waals surface area contributed by atoms with Crippen molar-refractivity contribution < 1.29 is 8.42 Å². The standard InChI is InChI=1S/C24H25Cl3N2O2S/c1-15(17-10-6-8-16-7-2-3-9-18(16)17)28-20-11-4-5-12-21(20)29-32(30,31)22-14-13-19(25)23(26)24(22)27/h2-3,6-10,13-15,20-21,28-29H,4-5,11-12H2,1H3/t15?,20-,21-/m1/s1. The Morgan fingerprint density at radius 2 is 1.56 bits per heavy atom. The van der Waals surface area contributed by atoms with Crippen molar-refractivity contribution in [3.05, 3.63) is 75.2 Å². The highest BCUT2D eigenvalue weighted by atomic mass is 35.5. The summed E-state index contributed by atoms with van der Waals surface area (Å²) in [5.74, 6) is 0. The summed E-state index contributed by atoms with van der Waals surface area (Å²) in [6.45, 7) is 2.12. The van der Waals surface area contributed by atoms with E-state index in [1.54, 1.807) is 0 Å². The average Bonchev–Trinajstić information content (AvgIpc) is 2.78. The van der Waals surface area contributed by atoms with E-state index in [0.717, 1.165) is 25.7 Å². The Balaban J connectivity index is 1.56. The van der Waals surface area contributed by atoms with Crippen LogP contribution in [0.5, 0.6) is 0 Å². The molecule has 0 heterocycles. The quantitative estimate of drug-likeness (QED) is 0.360. The molecule has 0 saturated heterocycles. The molecule has 32 heavy (non-hydrogen) atoms. The van der Waals surface area contributed by atoms with Crippen molar-refractivity contribution in [1.82, 2.24) is 10.0 Å². The van der Waals surface area contributed by atoms with Gasteiger partial charge in [-0.2, -0.15) is 0 Å². The minimum atomic E-state index is -3.86. The van der Waals surface area contributed by atoms with Crippen molar-refractivity contribution in [3.63, 3.8) is 0 Å². The van der Waals surface area contributed by atoms with Gasteiger partial charge in [0.25, 0.3) is 0 Å². The van der Waals surface area contributed by atoms with Crippen LogP contribution in [-0.2, 0) is 10.0 Å². The van der Waals surface area contributed by atoms with Gasteiger partial charge in [0.2, 0.25) is 10.0 Å². The van der Waals surface area contributed by atoms with E-state index in [-0.39, 0.29) is 38.1 Å². The number of hydrogen-bond donors (Lipinski definition) is 2. The fourth-order valence-corrected chi connectivity index (χ4v) is 6.78. The van der Waals surface area contributed by atoms with Gasteiger partial charge in [0.15, 0.2) is 0 Å². The maximum Gasteiger partial charge on any atom is 0.242 e. The molecule has 8 heteroatoms. The third-order valence-electron chi connectivity index (χ3n) is 6.12. The Labute approximate surface area is 204 Å². The molecule has 170 valence electrons. The van der Waals surface area contributed by atoms with Crippen LogP contribution in [0.3, 0.4) is 0 Å². The zero-order valence-corrected chi connectivity index (χ0v) is 20.7. The van der Waals surface area contributed by atoms with E-state index in [9.17, 15) is 8.42 Å². The highest BCUT2D eigenvalue weighted by molar-refractivity contribution is 7.89. The molecule has 1 aliphatic carbocycles. The third-order valence-corrected chi connectivity index (χ3v) is 9.05. The van der Waals surface area contributed by atoms with Crippen LogP contribution >= 0.6 is 34.8 Å². The number of rotatable bonds is 6. The van der Waals surface area contributed by atoms with Gasteiger partial charge in [0, 0.05) is 18.1 Å². The Hall–Kier alpha value is -1.34. The Morgan fingerprint density at radius 1 is 0.875 bits per heavy atom. The van der Waals surface area contributed by atoms with E-state index in [1.165, 1.54) is 28.5 Å². The van der Waals surface area contributed by atoms with Gasteiger partial charge in [0.1, 0.15) is 4.90 Å². The lowest BCUT2D eigenvalue weighted by atomic mass is 9.89. The minimum absolute atomic E-state index is 0.00552. The summed E-state index contributed by atoms with van der Waals surface area (Å²) in [5, 5.41) is 6.27. The van der Waals surface area contributed by atoms with Crippen LogP contribution in [0.15, 0.2) is 59.5 Å². The number of halogens is 3. The van der Waals surface area contributed by atoms with Crippen LogP contribution < -0.4 is 10.0 Å². The molecule has 0 bridgehead atoms. The molecule has 1 fully saturated rings. The maximum absolute atomic E-state index is 13.1. The van der Waals surface area contributed by atoms with Crippen molar-refractivity contribution in [1.29, 1.82) is 0 Å². The van der Waals surface area contributed by atoms with Gasteiger partial charge >= 0.3 is 0 Å². The fraction of sp³-hybridized carbons (Fsp3) is 0.333. The first kappa shape index (κ1) is 23.8. The third kappa shape index (κ3) is 4.93. The molecular formula is C24H25Cl3N2O2S. The summed E-state index contributed by atoms with van der Waals surface area (Å²) in [6.07, 6.45) is 3.64. The van der Waals surface area contributed by atoms with Crippen LogP contribution in [-0.4, -0.2) is 20.5 Å². The van der Waals surface area contributed by atoms with Crippen molar-refractivity contribution >= 4 is 55.6 Å². The van der Waals surface area contributed by atoms with Gasteiger partial charge in [-0.15, -0.1) is 0 Å². The predicted octanol–water partition coefficient (Wildman–Crippen LogP) is 6.74. The molecule has 3 aromatic rings. The summed E-state index contributed by atoms with van der Waals surface area (Å²) in [6, 6.07) is 17.2. The minimum Gasteiger partial charge on any atom is -0.306 e. The molecule has 3 aromatic carbocycles. The molecule has 1 unspecified atom stereocenters. The first-order chi connectivity index (χ1) is 15.3. The molecule has 4 nitrogen and oxygen atoms in total. The summed E-state index contributed by atoms with van der Waals surface area (Å²) >= 11 is 18.2. The van der Waals surface area contributed by atoms with Crippen molar-refractivity contribution in [3.8, 4) is 0 Å². The van der Waals surface area contributed by atoms with Crippen LogP contribution in [0.1, 0.15) is 44.2 Å². The summed E-state index contributed by atoms with van der Waals surface area (Å²) in [5.41, 5.74) is 1.20. The van der Waals surface area contributed by atoms with Crippen molar-refractivity contribution in [2.24, 2.45) is 0 Å². The van der Waals surface area contributed by atoms with Gasteiger partial charge < -0.3 is 5.32 Å². The molecule has 0 radical (unpaired) electrons. The topological polar surface area (TPSA) is 58.2 Å². The zero-order valence-electron chi connectivity index (χ0n) is 17.6. The van der Waals surface area contributed by atoms with Gasteiger partial charge in [-0.25, -0.2) is 13.1 Å². The summed E-state index contributed by atoms with van der Waals surface area (Å²) < 4.78 is 29.1. The number of hydrogen-bond acceptors (Lipinski definition) is 3. The lowest BCUT2D eigenvalue weighted by molar-refractivity contribution is 0.291. The first-order valence-corrected chi connectivity index (χ1v) is 13.3. The molecule has 1 aliphatic rings. The SMILES string of the molecule is CC(N[C@@H]1CCCC[C@H]1NS(=O)(=O)c1ccc(Cl)c(Cl)c1Cl)c1cccc2ccccc12. The normalized spacial score (nSPS) is 20.4. The van der Waals surface area contributed by atoms with E-state index >= 15 is 0 Å². The lowest BCUT2D eigenvalue weighted by Crippen LogP contribution is -2.52. The highest BCUT2D eigenvalue weighted by Gasteiger charge is 2.32. The second kappa shape index (κ2) is 9.88. The summed E-state index contributed by atoms with van der Waals surface area (Å²) in [4.78, 5) is -0.0556. The monoisotopic (exact) mass is 510 g/mol. The zero-order chi connectivity index (χ0) is 22.9. The van der Waals surface area contributed by atoms with E-state index in [2.05, 4.69) is 47.3 Å². The van der Waals surface area contributed by atoms with Crippen LogP contribution in [0, 0.1) is 0 Å². The van der Waals surface area contributed by atoms with Gasteiger partial charge in [-0.3, -0.25) is 0 Å². The molecule has 1 saturated carbocycles. The van der Waals surface area contributed by atoms with Crippen molar-refractivity contribution in [2.45, 2.75) is 55.6 Å². The number of nitrogens with one attached hydrogen (secondary N) is 2. The van der Waals surface area contributed by atoms with Gasteiger partial charge in [-0.1, -0.05) is 90.1 Å². The number of sulfonamides is 1. The molecule has 0 aromatic heterocycles. The second-order valence-electron chi connectivity index (χ2n) is 8.25. The molecular weight excluding hydrogens is 487 g/mol. The molecule has 4 rings (SSSR count). The first-order valence-electron chi connectivity index (χ1n) is 10.7. The maximum atomic E-state index is 13.1. The lowest BCUT2D eigenvalue weighted by Gasteiger charge is -2.35. The highest BCUT2D eigenvalue weighted by Crippen LogP contribution is 2.35. The number of benzene rings is 3. The molecule has 0 aliphatic heterocycles. The van der Waals surface area contributed by atoms with Gasteiger partial charge in [0.05, 0.1) is 15.1 Å². The number of fused-ring (bicyclic) bond motifs is 1. The predicted molar refractivity (Wildman–Crippen MR) is 133 cm³/mol. The molecule has 0 spiro atoms. The van der Waals surface area contributed by atoms with Crippen LogP contribution in [0.2, 0.25) is 15.1 Å². The largest absolute Gasteiger partial charge is 0.306 e. The van der Waals surface area contributed by atoms with E-state index in [4.69, 9.17) is 34.8 Å². The molecule has 2 N–H and O–H groups in total. The Bertz CT molecular complexity index is 1230. The van der Waals surface area contributed by atoms with E-state index < -0.39 is 10.0 Å². The van der Waals surface area contributed by atoms with Crippen LogP contribution in [0.4, 0.5) is 0 Å². The summed E-state index contributed by atoms with van der Waals surface area (Å²) in [7, 11) is -3.86. The molecule has 3 atom stereocenters. The van der Waals surface area contributed by atoms with E-state index in [0.29, 0.717) is 0 Å². The fourth-order valence-electron chi connectivity index (χ4n) is 4.49. The molecule has 0 amide bonds.